The van der Waals surface area contributed by atoms with E-state index in [9.17, 15) is 14.7 Å². The molecule has 0 spiro atoms. The standard InChI is InChI=1S/C21H23N3O5/c1-28-18-5-3-2-4-17(18)24-9-8-16(20(24)26)22-21(27)23-10-11-29-19-12-15(25)7-6-14(19)13-23/h2-7,12,16,25H,8-11,13H2,1H3,(H,22,27). The van der Waals surface area contributed by atoms with Crippen molar-refractivity contribution in [3.8, 4) is 17.2 Å². The molecule has 2 heterocycles. The lowest BCUT2D eigenvalue weighted by molar-refractivity contribution is -0.118. The van der Waals surface area contributed by atoms with Gasteiger partial charge in [-0.1, -0.05) is 12.1 Å². The van der Waals surface area contributed by atoms with Gasteiger partial charge in [0.2, 0.25) is 5.91 Å². The zero-order valence-corrected chi connectivity index (χ0v) is 16.1. The Kier molecular flexibility index (Phi) is 5.16. The second-order valence-electron chi connectivity index (χ2n) is 7.01. The zero-order chi connectivity index (χ0) is 20.4. The van der Waals surface area contributed by atoms with Crippen molar-refractivity contribution in [1.29, 1.82) is 0 Å². The zero-order valence-electron chi connectivity index (χ0n) is 16.1. The van der Waals surface area contributed by atoms with Crippen LogP contribution in [0.4, 0.5) is 10.5 Å². The highest BCUT2D eigenvalue weighted by molar-refractivity contribution is 6.02. The highest BCUT2D eigenvalue weighted by atomic mass is 16.5. The van der Waals surface area contributed by atoms with Crippen molar-refractivity contribution >= 4 is 17.6 Å². The van der Waals surface area contributed by atoms with Gasteiger partial charge in [-0.2, -0.15) is 0 Å². The number of amides is 3. The largest absolute Gasteiger partial charge is 0.508 e. The summed E-state index contributed by atoms with van der Waals surface area (Å²) < 4.78 is 11.0. The van der Waals surface area contributed by atoms with Gasteiger partial charge in [-0.25, -0.2) is 4.79 Å². The van der Waals surface area contributed by atoms with Crippen LogP contribution in [0.1, 0.15) is 12.0 Å². The predicted octanol–water partition coefficient (Wildman–Crippen LogP) is 2.11. The second kappa shape index (κ2) is 7.90. The Morgan fingerprint density at radius 3 is 2.90 bits per heavy atom. The van der Waals surface area contributed by atoms with Gasteiger partial charge in [-0.15, -0.1) is 0 Å². The number of phenols is 1. The van der Waals surface area contributed by atoms with Crippen LogP contribution in [0, 0.1) is 0 Å². The Morgan fingerprint density at radius 1 is 1.24 bits per heavy atom. The summed E-state index contributed by atoms with van der Waals surface area (Å²) in [7, 11) is 1.57. The lowest BCUT2D eigenvalue weighted by Gasteiger charge is -2.23. The minimum absolute atomic E-state index is 0.120. The summed E-state index contributed by atoms with van der Waals surface area (Å²) in [6, 6.07) is 11.3. The number of para-hydroxylation sites is 2. The molecular formula is C21H23N3O5. The molecule has 1 atom stereocenters. The minimum Gasteiger partial charge on any atom is -0.508 e. The smallest absolute Gasteiger partial charge is 0.318 e. The molecule has 2 aromatic carbocycles. The van der Waals surface area contributed by atoms with Gasteiger partial charge >= 0.3 is 6.03 Å². The van der Waals surface area contributed by atoms with Crippen LogP contribution < -0.4 is 19.7 Å². The van der Waals surface area contributed by atoms with E-state index < -0.39 is 6.04 Å². The molecule has 2 aliphatic heterocycles. The number of ether oxygens (including phenoxy) is 2. The molecule has 2 aromatic rings. The first-order valence-corrected chi connectivity index (χ1v) is 9.51. The molecule has 0 saturated carbocycles. The van der Waals surface area contributed by atoms with E-state index in [0.717, 1.165) is 5.56 Å². The molecular weight excluding hydrogens is 374 g/mol. The van der Waals surface area contributed by atoms with Crippen LogP contribution in [-0.2, 0) is 11.3 Å². The molecule has 1 unspecified atom stereocenters. The van der Waals surface area contributed by atoms with Crippen molar-refractivity contribution in [1.82, 2.24) is 10.2 Å². The maximum absolute atomic E-state index is 12.9. The fourth-order valence-corrected chi connectivity index (χ4v) is 3.68. The quantitative estimate of drug-likeness (QED) is 0.828. The number of benzene rings is 2. The van der Waals surface area contributed by atoms with Crippen LogP contribution in [0.25, 0.3) is 0 Å². The van der Waals surface area contributed by atoms with E-state index >= 15 is 0 Å². The summed E-state index contributed by atoms with van der Waals surface area (Å²) in [5.41, 5.74) is 1.51. The fourth-order valence-electron chi connectivity index (χ4n) is 3.68. The fraction of sp³-hybridized carbons (Fsp3) is 0.333. The van der Waals surface area contributed by atoms with Gasteiger partial charge in [0.1, 0.15) is 29.9 Å². The van der Waals surface area contributed by atoms with Gasteiger partial charge < -0.3 is 29.7 Å². The van der Waals surface area contributed by atoms with E-state index in [1.54, 1.807) is 41.2 Å². The van der Waals surface area contributed by atoms with Crippen molar-refractivity contribution in [3.05, 3.63) is 48.0 Å². The summed E-state index contributed by atoms with van der Waals surface area (Å²) in [5.74, 6) is 1.16. The van der Waals surface area contributed by atoms with Crippen LogP contribution in [0.3, 0.4) is 0 Å². The SMILES string of the molecule is COc1ccccc1N1CCC(NC(=O)N2CCOc3cc(O)ccc3C2)C1=O. The summed E-state index contributed by atoms with van der Waals surface area (Å²) in [4.78, 5) is 28.9. The molecule has 8 heteroatoms. The molecule has 8 nitrogen and oxygen atoms in total. The normalized spacial score (nSPS) is 18.7. The van der Waals surface area contributed by atoms with Gasteiger partial charge in [0.05, 0.1) is 25.9 Å². The van der Waals surface area contributed by atoms with Crippen molar-refractivity contribution < 1.29 is 24.2 Å². The van der Waals surface area contributed by atoms with Crippen molar-refractivity contribution in [2.45, 2.75) is 19.0 Å². The Morgan fingerprint density at radius 2 is 2.07 bits per heavy atom. The monoisotopic (exact) mass is 397 g/mol. The van der Waals surface area contributed by atoms with E-state index in [1.807, 2.05) is 18.2 Å². The Hall–Kier alpha value is -3.42. The molecule has 152 valence electrons. The number of rotatable bonds is 3. The van der Waals surface area contributed by atoms with Crippen molar-refractivity contribution in [2.75, 3.05) is 31.7 Å². The number of nitrogens with one attached hydrogen (secondary N) is 1. The van der Waals surface area contributed by atoms with Gasteiger partial charge in [-0.3, -0.25) is 4.79 Å². The van der Waals surface area contributed by atoms with Gasteiger partial charge in [0.25, 0.3) is 0 Å². The van der Waals surface area contributed by atoms with Gasteiger partial charge in [-0.05, 0) is 30.7 Å². The molecule has 3 amide bonds. The predicted molar refractivity (Wildman–Crippen MR) is 106 cm³/mol. The topological polar surface area (TPSA) is 91.3 Å². The van der Waals surface area contributed by atoms with Crippen LogP contribution in [-0.4, -0.2) is 54.8 Å². The third kappa shape index (κ3) is 3.78. The summed E-state index contributed by atoms with van der Waals surface area (Å²) in [6.45, 7) is 1.56. The molecule has 4 rings (SSSR count). The second-order valence-corrected chi connectivity index (χ2v) is 7.01. The lowest BCUT2D eigenvalue weighted by Crippen LogP contribution is -2.48. The van der Waals surface area contributed by atoms with Crippen LogP contribution in [0.5, 0.6) is 17.2 Å². The van der Waals surface area contributed by atoms with E-state index in [4.69, 9.17) is 9.47 Å². The number of hydrogen-bond acceptors (Lipinski definition) is 5. The summed E-state index contributed by atoms with van der Waals surface area (Å²) in [5, 5.41) is 12.5. The number of aromatic hydroxyl groups is 1. The van der Waals surface area contributed by atoms with Gasteiger partial charge in [0.15, 0.2) is 0 Å². The van der Waals surface area contributed by atoms with Crippen molar-refractivity contribution in [3.63, 3.8) is 0 Å². The number of fused-ring (bicyclic) bond motifs is 1. The summed E-state index contributed by atoms with van der Waals surface area (Å²) >= 11 is 0. The van der Waals surface area contributed by atoms with E-state index in [0.29, 0.717) is 49.8 Å². The van der Waals surface area contributed by atoms with E-state index in [2.05, 4.69) is 5.32 Å². The molecule has 29 heavy (non-hydrogen) atoms. The maximum atomic E-state index is 12.9. The number of anilines is 1. The highest BCUT2D eigenvalue weighted by Crippen LogP contribution is 2.31. The van der Waals surface area contributed by atoms with E-state index in [1.165, 1.54) is 0 Å². The number of carbonyl (C=O) groups is 2. The number of nitrogens with zero attached hydrogens (tertiary/aromatic N) is 2. The molecule has 2 N–H and O–H groups in total. The number of hydrogen-bond donors (Lipinski definition) is 2. The first-order chi connectivity index (χ1) is 14.1. The molecule has 1 fully saturated rings. The van der Waals surface area contributed by atoms with Crippen LogP contribution in [0.15, 0.2) is 42.5 Å². The molecule has 1 saturated heterocycles. The molecule has 0 radical (unpaired) electrons. The molecule has 0 aliphatic carbocycles. The Bertz CT molecular complexity index is 932. The summed E-state index contributed by atoms with van der Waals surface area (Å²) in [6.07, 6.45) is 0.525. The number of methoxy groups -OCH3 is 1. The molecule has 2 aliphatic rings. The first kappa shape index (κ1) is 18.9. The van der Waals surface area contributed by atoms with Crippen molar-refractivity contribution in [2.24, 2.45) is 0 Å². The average Bonchev–Trinajstić information content (AvgIpc) is 2.95. The third-order valence-electron chi connectivity index (χ3n) is 5.20. The number of phenolic OH excluding ortho intramolecular Hbond substituents is 1. The number of carbonyl (C=O) groups excluding carboxylic acids is 2. The highest BCUT2D eigenvalue weighted by Gasteiger charge is 2.36. The van der Waals surface area contributed by atoms with Gasteiger partial charge in [0, 0.05) is 18.2 Å². The maximum Gasteiger partial charge on any atom is 0.318 e. The molecule has 0 aromatic heterocycles. The van der Waals surface area contributed by atoms with E-state index in [-0.39, 0.29) is 17.7 Å². The Labute approximate surface area is 168 Å². The first-order valence-electron chi connectivity index (χ1n) is 9.51. The molecule has 0 bridgehead atoms. The third-order valence-corrected chi connectivity index (χ3v) is 5.20. The lowest BCUT2D eigenvalue weighted by atomic mass is 10.2. The van der Waals surface area contributed by atoms with Crippen LogP contribution in [0.2, 0.25) is 0 Å². The van der Waals surface area contributed by atoms with Crippen LogP contribution >= 0.6 is 0 Å². The average molecular weight is 397 g/mol. The minimum atomic E-state index is -0.587. The number of urea groups is 1. The Balaban J connectivity index is 1.44.